The summed E-state index contributed by atoms with van der Waals surface area (Å²) in [7, 11) is 0. The van der Waals surface area contributed by atoms with Gasteiger partial charge in [-0.3, -0.25) is 4.79 Å². The molecule has 0 amide bonds. The van der Waals surface area contributed by atoms with E-state index in [2.05, 4.69) is 4.98 Å². The molecular formula is C20H13NO2S. The van der Waals surface area contributed by atoms with Crippen molar-refractivity contribution < 1.29 is 9.21 Å². The smallest absolute Gasteiger partial charge is 0.261 e. The van der Waals surface area contributed by atoms with Crippen molar-refractivity contribution in [1.82, 2.24) is 4.98 Å². The molecule has 4 heteroatoms. The second-order valence-electron chi connectivity index (χ2n) is 5.26. The first kappa shape index (κ1) is 14.7. The van der Waals surface area contributed by atoms with E-state index in [4.69, 9.17) is 4.42 Å². The quantitative estimate of drug-likeness (QED) is 0.282. The van der Waals surface area contributed by atoms with E-state index in [0.717, 1.165) is 21.9 Å². The summed E-state index contributed by atoms with van der Waals surface area (Å²) in [6.07, 6.45) is 1.56. The summed E-state index contributed by atoms with van der Waals surface area (Å²) in [5, 5.41) is 4.26. The van der Waals surface area contributed by atoms with Gasteiger partial charge in [0.05, 0.1) is 0 Å². The van der Waals surface area contributed by atoms with Crippen molar-refractivity contribution in [2.24, 2.45) is 0 Å². The molecule has 0 aliphatic heterocycles. The molecule has 3 nitrogen and oxygen atoms in total. The fourth-order valence-corrected chi connectivity index (χ4v) is 3.18. The fraction of sp³-hybridized carbons (Fsp3) is 0. The largest absolute Gasteiger partial charge is 0.431 e. The highest BCUT2D eigenvalue weighted by Gasteiger charge is 2.07. The maximum absolute atomic E-state index is 12.5. The minimum absolute atomic E-state index is 0.0320. The normalized spacial score (nSPS) is 11.5. The highest BCUT2D eigenvalue weighted by molar-refractivity contribution is 8.01. The zero-order valence-corrected chi connectivity index (χ0v) is 13.5. The summed E-state index contributed by atoms with van der Waals surface area (Å²) < 4.78 is 5.62. The topological polar surface area (TPSA) is 43.1 Å². The van der Waals surface area contributed by atoms with Crippen LogP contribution >= 0.6 is 11.8 Å². The molecule has 4 aromatic rings. The third-order valence-electron chi connectivity index (χ3n) is 3.72. The molecule has 1 aromatic heterocycles. The van der Waals surface area contributed by atoms with Gasteiger partial charge in [0.25, 0.3) is 5.22 Å². The Bertz CT molecular complexity index is 1030. The molecule has 1 heterocycles. The summed E-state index contributed by atoms with van der Waals surface area (Å²) in [6, 6.07) is 21.2. The number of rotatable bonds is 4. The number of ketones is 1. The number of para-hydroxylation sites is 2. The lowest BCUT2D eigenvalue weighted by atomic mass is 10.0. The van der Waals surface area contributed by atoms with Crippen LogP contribution in [-0.4, -0.2) is 10.8 Å². The highest BCUT2D eigenvalue weighted by Crippen LogP contribution is 2.24. The molecule has 0 aliphatic rings. The molecule has 0 saturated carbocycles. The molecule has 0 spiro atoms. The molecule has 0 saturated heterocycles. The number of hydrogen-bond acceptors (Lipinski definition) is 4. The predicted molar refractivity (Wildman–Crippen MR) is 97.3 cm³/mol. The second kappa shape index (κ2) is 6.34. The summed E-state index contributed by atoms with van der Waals surface area (Å²) in [6.45, 7) is 0. The van der Waals surface area contributed by atoms with Crippen LogP contribution in [-0.2, 0) is 0 Å². The van der Waals surface area contributed by atoms with E-state index in [1.807, 2.05) is 66.7 Å². The lowest BCUT2D eigenvalue weighted by Crippen LogP contribution is -1.95. The molecule has 0 atom stereocenters. The zero-order chi connectivity index (χ0) is 16.4. The zero-order valence-electron chi connectivity index (χ0n) is 12.7. The minimum atomic E-state index is -0.0320. The van der Waals surface area contributed by atoms with Gasteiger partial charge in [0.1, 0.15) is 5.52 Å². The number of carbonyl (C=O) groups is 1. The maximum Gasteiger partial charge on any atom is 0.261 e. The number of nitrogens with zero attached hydrogens (tertiary/aromatic N) is 1. The van der Waals surface area contributed by atoms with Gasteiger partial charge in [0.2, 0.25) is 0 Å². The summed E-state index contributed by atoms with van der Waals surface area (Å²) in [5.41, 5.74) is 2.25. The van der Waals surface area contributed by atoms with E-state index in [1.165, 1.54) is 11.8 Å². The van der Waals surface area contributed by atoms with Crippen LogP contribution in [0.3, 0.4) is 0 Å². The first-order chi connectivity index (χ1) is 11.8. The molecule has 116 valence electrons. The Morgan fingerprint density at radius 3 is 2.67 bits per heavy atom. The summed E-state index contributed by atoms with van der Waals surface area (Å²) in [5.74, 6) is -0.0320. The number of hydrogen-bond donors (Lipinski definition) is 0. The average molecular weight is 331 g/mol. The second-order valence-corrected chi connectivity index (χ2v) is 6.12. The molecule has 24 heavy (non-hydrogen) atoms. The van der Waals surface area contributed by atoms with Crippen LogP contribution in [0.25, 0.3) is 21.9 Å². The van der Waals surface area contributed by atoms with Gasteiger partial charge in [-0.05, 0) is 46.2 Å². The van der Waals surface area contributed by atoms with Crippen molar-refractivity contribution >= 4 is 39.4 Å². The number of thioether (sulfide) groups is 1. The van der Waals surface area contributed by atoms with E-state index in [-0.39, 0.29) is 5.78 Å². The van der Waals surface area contributed by atoms with Gasteiger partial charge in [0, 0.05) is 5.56 Å². The molecule has 0 radical (unpaired) electrons. The van der Waals surface area contributed by atoms with Crippen molar-refractivity contribution in [3.63, 3.8) is 0 Å². The molecule has 4 rings (SSSR count). The van der Waals surface area contributed by atoms with Crippen LogP contribution in [0.2, 0.25) is 0 Å². The van der Waals surface area contributed by atoms with Crippen LogP contribution in [0.1, 0.15) is 10.4 Å². The standard InChI is InChI=1S/C20H13NO2S/c22-18(16-9-5-7-14-6-1-2-8-15(14)16)12-13-24-20-21-17-10-3-4-11-19(17)23-20/h1-13H/b13-12+. The molecule has 0 N–H and O–H groups in total. The Hall–Kier alpha value is -2.85. The third kappa shape index (κ3) is 2.84. The first-order valence-electron chi connectivity index (χ1n) is 7.52. The SMILES string of the molecule is O=C(/C=C/Sc1nc2ccccc2o1)c1cccc2ccccc12. The van der Waals surface area contributed by atoms with Crippen molar-refractivity contribution in [2.45, 2.75) is 5.22 Å². The fourth-order valence-electron chi connectivity index (χ4n) is 2.59. The Morgan fingerprint density at radius 2 is 1.75 bits per heavy atom. The minimum Gasteiger partial charge on any atom is -0.431 e. The van der Waals surface area contributed by atoms with Gasteiger partial charge in [0.15, 0.2) is 11.4 Å². The van der Waals surface area contributed by atoms with Gasteiger partial charge in [-0.1, -0.05) is 54.6 Å². The van der Waals surface area contributed by atoms with Crippen molar-refractivity contribution in [1.29, 1.82) is 0 Å². The Labute approximate surface area is 143 Å². The van der Waals surface area contributed by atoms with Gasteiger partial charge in [-0.25, -0.2) is 4.98 Å². The van der Waals surface area contributed by atoms with E-state index >= 15 is 0 Å². The van der Waals surface area contributed by atoms with E-state index in [0.29, 0.717) is 10.8 Å². The molecule has 0 bridgehead atoms. The van der Waals surface area contributed by atoms with E-state index < -0.39 is 0 Å². The van der Waals surface area contributed by atoms with Gasteiger partial charge in [-0.15, -0.1) is 0 Å². The van der Waals surface area contributed by atoms with Crippen LogP contribution < -0.4 is 0 Å². The molecule has 3 aromatic carbocycles. The first-order valence-corrected chi connectivity index (χ1v) is 8.40. The molecular weight excluding hydrogens is 318 g/mol. The number of allylic oxidation sites excluding steroid dienone is 1. The van der Waals surface area contributed by atoms with E-state index in [9.17, 15) is 4.79 Å². The Kier molecular flexibility index (Phi) is 3.89. The van der Waals surface area contributed by atoms with Gasteiger partial charge >= 0.3 is 0 Å². The van der Waals surface area contributed by atoms with E-state index in [1.54, 1.807) is 11.5 Å². The lowest BCUT2D eigenvalue weighted by Gasteiger charge is -2.02. The number of carbonyl (C=O) groups excluding carboxylic acids is 1. The average Bonchev–Trinajstić information content (AvgIpc) is 3.04. The van der Waals surface area contributed by atoms with Crippen LogP contribution in [0.4, 0.5) is 0 Å². The predicted octanol–water partition coefficient (Wildman–Crippen LogP) is 5.47. The summed E-state index contributed by atoms with van der Waals surface area (Å²) in [4.78, 5) is 16.8. The Morgan fingerprint density at radius 1 is 0.958 bits per heavy atom. The van der Waals surface area contributed by atoms with Crippen molar-refractivity contribution in [3.8, 4) is 0 Å². The highest BCUT2D eigenvalue weighted by atomic mass is 32.2. The maximum atomic E-state index is 12.5. The van der Waals surface area contributed by atoms with Gasteiger partial charge < -0.3 is 4.42 Å². The summed E-state index contributed by atoms with van der Waals surface area (Å²) >= 11 is 1.30. The third-order valence-corrected chi connectivity index (χ3v) is 4.37. The molecule has 0 unspecified atom stereocenters. The van der Waals surface area contributed by atoms with Gasteiger partial charge in [-0.2, -0.15) is 0 Å². The van der Waals surface area contributed by atoms with Crippen molar-refractivity contribution in [3.05, 3.63) is 83.8 Å². The lowest BCUT2D eigenvalue weighted by molar-refractivity contribution is 0.104. The van der Waals surface area contributed by atoms with Crippen LogP contribution in [0, 0.1) is 0 Å². The molecule has 0 aliphatic carbocycles. The monoisotopic (exact) mass is 331 g/mol. The molecule has 0 fully saturated rings. The Balaban J connectivity index is 1.55. The van der Waals surface area contributed by atoms with Crippen molar-refractivity contribution in [2.75, 3.05) is 0 Å². The van der Waals surface area contributed by atoms with Crippen LogP contribution in [0.15, 0.2) is 87.9 Å². The number of aromatic nitrogens is 1. The number of oxazole rings is 1. The van der Waals surface area contributed by atoms with Crippen LogP contribution in [0.5, 0.6) is 0 Å². The number of fused-ring (bicyclic) bond motifs is 2. The number of benzene rings is 3.